The van der Waals surface area contributed by atoms with E-state index in [1.54, 1.807) is 13.3 Å². The van der Waals surface area contributed by atoms with Crippen molar-refractivity contribution in [3.05, 3.63) is 24.0 Å². The first-order valence-electron chi connectivity index (χ1n) is 5.20. The van der Waals surface area contributed by atoms with Crippen molar-refractivity contribution in [1.29, 1.82) is 0 Å². The molecule has 4 nitrogen and oxygen atoms in total. The molecule has 1 saturated heterocycles. The minimum Gasteiger partial charge on any atom is -0.495 e. The number of pyridine rings is 1. The van der Waals surface area contributed by atoms with Gasteiger partial charge in [-0.1, -0.05) is 0 Å². The van der Waals surface area contributed by atoms with Crippen LogP contribution in [0.25, 0.3) is 0 Å². The van der Waals surface area contributed by atoms with Crippen LogP contribution < -0.4 is 10.1 Å². The van der Waals surface area contributed by atoms with Gasteiger partial charge >= 0.3 is 0 Å². The van der Waals surface area contributed by atoms with E-state index < -0.39 is 0 Å². The smallest absolute Gasteiger partial charge is 0.137 e. The van der Waals surface area contributed by atoms with Crippen molar-refractivity contribution in [2.24, 2.45) is 0 Å². The molecule has 0 spiro atoms. The molecule has 1 aromatic heterocycles. The van der Waals surface area contributed by atoms with Crippen LogP contribution in [0.4, 0.5) is 0 Å². The minimum absolute atomic E-state index is 0.367. The maximum absolute atomic E-state index is 5.17. The molecule has 0 amide bonds. The SMILES string of the molecule is COc1cncc(C2CN(C)CCN2)c1. The summed E-state index contributed by atoms with van der Waals surface area (Å²) in [5, 5.41) is 3.48. The van der Waals surface area contributed by atoms with Crippen molar-refractivity contribution in [3.63, 3.8) is 0 Å². The standard InChI is InChI=1S/C11H17N3O/c1-14-4-3-13-11(8-14)9-5-10(15-2)7-12-6-9/h5-7,11,13H,3-4,8H2,1-2H3. The van der Waals surface area contributed by atoms with Crippen molar-refractivity contribution in [2.75, 3.05) is 33.8 Å². The minimum atomic E-state index is 0.367. The van der Waals surface area contributed by atoms with Crippen molar-refractivity contribution in [3.8, 4) is 5.75 Å². The Hall–Kier alpha value is -1.13. The maximum Gasteiger partial charge on any atom is 0.137 e. The van der Waals surface area contributed by atoms with Crippen LogP contribution in [0.3, 0.4) is 0 Å². The van der Waals surface area contributed by atoms with Crippen LogP contribution in [0.5, 0.6) is 5.75 Å². The number of rotatable bonds is 2. The number of piperazine rings is 1. The van der Waals surface area contributed by atoms with E-state index in [1.807, 2.05) is 12.3 Å². The molecule has 4 heteroatoms. The lowest BCUT2D eigenvalue weighted by molar-refractivity contribution is 0.240. The Morgan fingerprint density at radius 3 is 3.13 bits per heavy atom. The molecule has 1 aliphatic heterocycles. The summed E-state index contributed by atoms with van der Waals surface area (Å²) in [4.78, 5) is 6.49. The fraction of sp³-hybridized carbons (Fsp3) is 0.545. The van der Waals surface area contributed by atoms with Crippen LogP contribution in [-0.2, 0) is 0 Å². The lowest BCUT2D eigenvalue weighted by Crippen LogP contribution is -2.43. The summed E-state index contributed by atoms with van der Waals surface area (Å²) in [7, 11) is 3.81. The molecule has 2 heterocycles. The number of nitrogens with zero attached hydrogens (tertiary/aromatic N) is 2. The zero-order valence-electron chi connectivity index (χ0n) is 9.23. The van der Waals surface area contributed by atoms with Gasteiger partial charge in [-0.25, -0.2) is 0 Å². The summed E-state index contributed by atoms with van der Waals surface area (Å²) >= 11 is 0. The molecule has 1 aliphatic rings. The molecule has 15 heavy (non-hydrogen) atoms. The molecule has 1 fully saturated rings. The normalized spacial score (nSPS) is 22.7. The first-order valence-corrected chi connectivity index (χ1v) is 5.20. The number of hydrogen-bond donors (Lipinski definition) is 1. The largest absolute Gasteiger partial charge is 0.495 e. The van der Waals surface area contributed by atoms with Gasteiger partial charge in [-0.15, -0.1) is 0 Å². The highest BCUT2D eigenvalue weighted by Gasteiger charge is 2.18. The average Bonchev–Trinajstić information content (AvgIpc) is 2.29. The monoisotopic (exact) mass is 207 g/mol. The predicted molar refractivity (Wildman–Crippen MR) is 59.0 cm³/mol. The highest BCUT2D eigenvalue weighted by Crippen LogP contribution is 2.19. The molecule has 0 radical (unpaired) electrons. The molecular formula is C11H17N3O. The molecule has 0 aromatic carbocycles. The Morgan fingerprint density at radius 2 is 2.40 bits per heavy atom. The topological polar surface area (TPSA) is 37.4 Å². The molecule has 0 saturated carbocycles. The third kappa shape index (κ3) is 2.46. The van der Waals surface area contributed by atoms with Crippen molar-refractivity contribution < 1.29 is 4.74 Å². The van der Waals surface area contributed by atoms with Gasteiger partial charge in [0.2, 0.25) is 0 Å². The molecule has 1 atom stereocenters. The molecular weight excluding hydrogens is 190 g/mol. The second kappa shape index (κ2) is 4.59. The number of nitrogens with one attached hydrogen (secondary N) is 1. The summed E-state index contributed by atoms with van der Waals surface area (Å²) in [6.45, 7) is 3.15. The number of hydrogen-bond acceptors (Lipinski definition) is 4. The van der Waals surface area contributed by atoms with E-state index in [1.165, 1.54) is 5.56 Å². The zero-order chi connectivity index (χ0) is 10.7. The van der Waals surface area contributed by atoms with Crippen molar-refractivity contribution in [1.82, 2.24) is 15.2 Å². The van der Waals surface area contributed by atoms with Crippen LogP contribution in [0.15, 0.2) is 18.5 Å². The van der Waals surface area contributed by atoms with Crippen LogP contribution in [-0.4, -0.2) is 43.7 Å². The van der Waals surface area contributed by atoms with Crippen LogP contribution in [0.1, 0.15) is 11.6 Å². The quantitative estimate of drug-likeness (QED) is 0.773. The number of aromatic nitrogens is 1. The Labute approximate surface area is 90.3 Å². The van der Waals surface area contributed by atoms with Crippen LogP contribution in [0.2, 0.25) is 0 Å². The molecule has 1 unspecified atom stereocenters. The van der Waals surface area contributed by atoms with E-state index in [-0.39, 0.29) is 0 Å². The van der Waals surface area contributed by atoms with E-state index in [4.69, 9.17) is 4.74 Å². The highest BCUT2D eigenvalue weighted by molar-refractivity contribution is 5.26. The lowest BCUT2D eigenvalue weighted by Gasteiger charge is -2.31. The zero-order valence-corrected chi connectivity index (χ0v) is 9.23. The van der Waals surface area contributed by atoms with E-state index in [9.17, 15) is 0 Å². The second-order valence-electron chi connectivity index (χ2n) is 3.93. The summed E-state index contributed by atoms with van der Waals surface area (Å²) < 4.78 is 5.17. The van der Waals surface area contributed by atoms with E-state index in [0.717, 1.165) is 25.4 Å². The molecule has 0 aliphatic carbocycles. The Bertz CT molecular complexity index is 329. The van der Waals surface area contributed by atoms with E-state index in [2.05, 4.69) is 22.2 Å². The third-order valence-electron chi connectivity index (χ3n) is 2.75. The third-order valence-corrected chi connectivity index (χ3v) is 2.75. The summed E-state index contributed by atoms with van der Waals surface area (Å²) in [6.07, 6.45) is 3.63. The summed E-state index contributed by atoms with van der Waals surface area (Å²) in [6, 6.07) is 2.41. The van der Waals surface area contributed by atoms with Gasteiger partial charge in [0.15, 0.2) is 0 Å². The van der Waals surface area contributed by atoms with Gasteiger partial charge in [-0.2, -0.15) is 0 Å². The van der Waals surface area contributed by atoms with Gasteiger partial charge in [0.25, 0.3) is 0 Å². The van der Waals surface area contributed by atoms with Gasteiger partial charge < -0.3 is 15.0 Å². The van der Waals surface area contributed by atoms with Gasteiger partial charge in [0.1, 0.15) is 5.75 Å². The van der Waals surface area contributed by atoms with Crippen LogP contribution in [0, 0.1) is 0 Å². The first kappa shape index (κ1) is 10.4. The highest BCUT2D eigenvalue weighted by atomic mass is 16.5. The molecule has 1 aromatic rings. The summed E-state index contributed by atoms with van der Waals surface area (Å²) in [5.74, 6) is 0.822. The fourth-order valence-corrected chi connectivity index (χ4v) is 1.86. The van der Waals surface area contributed by atoms with Crippen molar-refractivity contribution in [2.45, 2.75) is 6.04 Å². The lowest BCUT2D eigenvalue weighted by atomic mass is 10.1. The van der Waals surface area contributed by atoms with Crippen molar-refractivity contribution >= 4 is 0 Å². The van der Waals surface area contributed by atoms with Crippen LogP contribution >= 0.6 is 0 Å². The molecule has 2 rings (SSSR count). The number of ether oxygens (including phenoxy) is 1. The average molecular weight is 207 g/mol. The van der Waals surface area contributed by atoms with Gasteiger partial charge in [0, 0.05) is 31.9 Å². The maximum atomic E-state index is 5.17. The van der Waals surface area contributed by atoms with Gasteiger partial charge in [-0.05, 0) is 18.7 Å². The first-order chi connectivity index (χ1) is 7.29. The fourth-order valence-electron chi connectivity index (χ4n) is 1.86. The number of methoxy groups -OCH3 is 1. The van der Waals surface area contributed by atoms with E-state index in [0.29, 0.717) is 6.04 Å². The number of likely N-dealkylation sites (N-methyl/N-ethyl adjacent to an activating group) is 1. The Morgan fingerprint density at radius 1 is 1.53 bits per heavy atom. The second-order valence-corrected chi connectivity index (χ2v) is 3.93. The van der Waals surface area contributed by atoms with Gasteiger partial charge in [-0.3, -0.25) is 4.98 Å². The molecule has 82 valence electrons. The predicted octanol–water partition coefficient (Wildman–Crippen LogP) is 0.666. The van der Waals surface area contributed by atoms with E-state index >= 15 is 0 Å². The Balaban J connectivity index is 2.13. The summed E-state index contributed by atoms with van der Waals surface area (Å²) in [5.41, 5.74) is 1.20. The molecule has 0 bridgehead atoms. The van der Waals surface area contributed by atoms with Gasteiger partial charge in [0.05, 0.1) is 13.3 Å². The molecule has 1 N–H and O–H groups in total. The Kier molecular flexibility index (Phi) is 3.18.